The summed E-state index contributed by atoms with van der Waals surface area (Å²) in [6.07, 6.45) is 0.737. The Morgan fingerprint density at radius 2 is 2.35 bits per heavy atom. The Morgan fingerprint density at radius 1 is 1.59 bits per heavy atom. The van der Waals surface area contributed by atoms with Crippen LogP contribution in [0.15, 0.2) is 23.4 Å². The maximum atomic E-state index is 11.7. The minimum Gasteiger partial charge on any atom is -0.461 e. The number of esters is 1. The Morgan fingerprint density at radius 3 is 2.94 bits per heavy atom. The van der Waals surface area contributed by atoms with Gasteiger partial charge in [0.05, 0.1) is 11.6 Å². The predicted molar refractivity (Wildman–Crippen MR) is 65.1 cm³/mol. The Balaban J connectivity index is 2.98. The van der Waals surface area contributed by atoms with Crippen molar-refractivity contribution in [3.8, 4) is 0 Å². The summed E-state index contributed by atoms with van der Waals surface area (Å²) in [4.78, 5) is 16.4. The second kappa shape index (κ2) is 6.91. The van der Waals surface area contributed by atoms with E-state index < -0.39 is 5.97 Å². The van der Waals surface area contributed by atoms with Crippen LogP contribution in [0, 0.1) is 6.07 Å². The molecule has 0 heterocycles. The lowest BCUT2D eigenvalue weighted by Crippen LogP contribution is -2.20. The number of nitrogens with zero attached hydrogens (tertiary/aromatic N) is 1. The van der Waals surface area contributed by atoms with E-state index >= 15 is 0 Å². The summed E-state index contributed by atoms with van der Waals surface area (Å²) in [5.74, 6) is -0.560. The number of hydrogen-bond acceptors (Lipinski definition) is 4. The molecule has 0 bridgehead atoms. The van der Waals surface area contributed by atoms with Crippen LogP contribution in [0.4, 0.5) is 0 Å². The number of oxime groups is 1. The van der Waals surface area contributed by atoms with E-state index in [1.54, 1.807) is 18.2 Å². The molecule has 0 N–H and O–H groups in total. The quantitative estimate of drug-likeness (QED) is 0.461. The molecule has 0 saturated carbocycles. The molecule has 91 valence electrons. The highest BCUT2D eigenvalue weighted by atomic mass is 35.5. The Labute approximate surface area is 105 Å². The molecular weight excluding hydrogens is 242 g/mol. The van der Waals surface area contributed by atoms with E-state index in [9.17, 15) is 4.79 Å². The van der Waals surface area contributed by atoms with Gasteiger partial charge < -0.3 is 9.57 Å². The molecule has 0 aliphatic rings. The van der Waals surface area contributed by atoms with Crippen molar-refractivity contribution in [1.82, 2.24) is 0 Å². The highest BCUT2D eigenvalue weighted by Crippen LogP contribution is 2.16. The fourth-order valence-corrected chi connectivity index (χ4v) is 1.35. The van der Waals surface area contributed by atoms with E-state index in [-0.39, 0.29) is 5.71 Å². The molecule has 0 spiro atoms. The summed E-state index contributed by atoms with van der Waals surface area (Å²) in [6, 6.07) is 7.65. The molecule has 0 aliphatic carbocycles. The van der Waals surface area contributed by atoms with E-state index in [1.807, 2.05) is 6.92 Å². The summed E-state index contributed by atoms with van der Waals surface area (Å²) >= 11 is 5.97. The van der Waals surface area contributed by atoms with Crippen LogP contribution in [0.5, 0.6) is 0 Å². The van der Waals surface area contributed by atoms with E-state index in [0.717, 1.165) is 6.42 Å². The van der Waals surface area contributed by atoms with E-state index in [4.69, 9.17) is 16.3 Å². The van der Waals surface area contributed by atoms with E-state index in [1.165, 1.54) is 7.11 Å². The molecule has 0 aliphatic heterocycles. The third-order valence-electron chi connectivity index (χ3n) is 1.88. The minimum absolute atomic E-state index is 0.0443. The van der Waals surface area contributed by atoms with E-state index in [2.05, 4.69) is 16.1 Å². The van der Waals surface area contributed by atoms with Gasteiger partial charge in [0.1, 0.15) is 7.11 Å². The summed E-state index contributed by atoms with van der Waals surface area (Å²) in [5, 5.41) is 4.04. The van der Waals surface area contributed by atoms with Crippen molar-refractivity contribution < 1.29 is 14.4 Å². The van der Waals surface area contributed by atoms with Crippen molar-refractivity contribution in [2.45, 2.75) is 13.3 Å². The fraction of sp³-hybridized carbons (Fsp3) is 0.333. The first kappa shape index (κ1) is 13.5. The van der Waals surface area contributed by atoms with Crippen molar-refractivity contribution in [3.63, 3.8) is 0 Å². The molecule has 0 saturated heterocycles. The van der Waals surface area contributed by atoms with Gasteiger partial charge in [-0.2, -0.15) is 0 Å². The van der Waals surface area contributed by atoms with Crippen molar-refractivity contribution in [2.24, 2.45) is 5.16 Å². The average molecular weight is 255 g/mol. The van der Waals surface area contributed by atoms with Crippen LogP contribution in [0.3, 0.4) is 0 Å². The zero-order chi connectivity index (χ0) is 12.7. The SMILES string of the molecule is CCCOC(=O)C(=NOC)c1c[c]ccc1Cl. The zero-order valence-corrected chi connectivity index (χ0v) is 10.5. The lowest BCUT2D eigenvalue weighted by Gasteiger charge is -2.07. The van der Waals surface area contributed by atoms with Gasteiger partial charge in [-0.15, -0.1) is 0 Å². The van der Waals surface area contributed by atoms with Gasteiger partial charge in [0.2, 0.25) is 0 Å². The molecule has 17 heavy (non-hydrogen) atoms. The van der Waals surface area contributed by atoms with Gasteiger partial charge in [-0.3, -0.25) is 0 Å². The molecule has 1 aromatic rings. The van der Waals surface area contributed by atoms with Crippen LogP contribution < -0.4 is 0 Å². The van der Waals surface area contributed by atoms with Gasteiger partial charge in [0, 0.05) is 5.56 Å². The maximum absolute atomic E-state index is 11.7. The largest absolute Gasteiger partial charge is 0.461 e. The fourth-order valence-electron chi connectivity index (χ4n) is 1.14. The minimum atomic E-state index is -0.560. The van der Waals surface area contributed by atoms with Crippen molar-refractivity contribution in [2.75, 3.05) is 13.7 Å². The van der Waals surface area contributed by atoms with Crippen LogP contribution in [0.1, 0.15) is 18.9 Å². The topological polar surface area (TPSA) is 47.9 Å². The number of carbonyl (C=O) groups excluding carboxylic acids is 1. The Hall–Kier alpha value is -1.55. The van der Waals surface area contributed by atoms with Gasteiger partial charge in [0.15, 0.2) is 5.71 Å². The number of halogens is 1. The predicted octanol–water partition coefficient (Wildman–Crippen LogP) is 2.44. The van der Waals surface area contributed by atoms with Crippen LogP contribution in [0.2, 0.25) is 5.02 Å². The van der Waals surface area contributed by atoms with Crippen LogP contribution in [0.25, 0.3) is 0 Å². The van der Waals surface area contributed by atoms with Crippen molar-refractivity contribution >= 4 is 23.3 Å². The number of hydrogen-bond donors (Lipinski definition) is 0. The second-order valence-electron chi connectivity index (χ2n) is 3.16. The normalized spacial score (nSPS) is 11.1. The smallest absolute Gasteiger partial charge is 0.361 e. The molecule has 0 fully saturated rings. The molecule has 1 aromatic carbocycles. The Kier molecular flexibility index (Phi) is 5.49. The third kappa shape index (κ3) is 3.75. The maximum Gasteiger partial charge on any atom is 0.361 e. The summed E-state index contributed by atoms with van der Waals surface area (Å²) < 4.78 is 4.99. The summed E-state index contributed by atoms with van der Waals surface area (Å²) in [7, 11) is 1.35. The molecule has 1 rings (SSSR count). The molecule has 0 aromatic heterocycles. The van der Waals surface area contributed by atoms with Crippen molar-refractivity contribution in [1.29, 1.82) is 0 Å². The lowest BCUT2D eigenvalue weighted by atomic mass is 10.1. The van der Waals surface area contributed by atoms with E-state index in [0.29, 0.717) is 17.2 Å². The zero-order valence-electron chi connectivity index (χ0n) is 9.70. The molecule has 1 radical (unpaired) electrons. The second-order valence-corrected chi connectivity index (χ2v) is 3.57. The summed E-state index contributed by atoms with van der Waals surface area (Å²) in [5.41, 5.74) is 0.486. The summed E-state index contributed by atoms with van der Waals surface area (Å²) in [6.45, 7) is 2.24. The van der Waals surface area contributed by atoms with Crippen LogP contribution in [-0.4, -0.2) is 25.4 Å². The highest BCUT2D eigenvalue weighted by Gasteiger charge is 2.19. The van der Waals surface area contributed by atoms with Crippen molar-refractivity contribution in [3.05, 3.63) is 34.9 Å². The molecular formula is C12H13ClNO3. The number of carbonyl (C=O) groups is 1. The molecule has 0 atom stereocenters. The van der Waals surface area contributed by atoms with Gasteiger partial charge in [-0.25, -0.2) is 4.79 Å². The number of rotatable bonds is 5. The first-order valence-electron chi connectivity index (χ1n) is 5.15. The molecule has 4 nitrogen and oxygen atoms in total. The number of benzene rings is 1. The molecule has 5 heteroatoms. The monoisotopic (exact) mass is 254 g/mol. The van der Waals surface area contributed by atoms with Gasteiger partial charge in [-0.05, 0) is 24.6 Å². The first-order chi connectivity index (χ1) is 8.20. The van der Waals surface area contributed by atoms with Gasteiger partial charge in [-0.1, -0.05) is 29.7 Å². The molecule has 0 unspecified atom stereocenters. The third-order valence-corrected chi connectivity index (χ3v) is 2.21. The lowest BCUT2D eigenvalue weighted by molar-refractivity contribution is -0.135. The highest BCUT2D eigenvalue weighted by molar-refractivity contribution is 6.47. The Bertz CT molecular complexity index is 418. The van der Waals surface area contributed by atoms with Gasteiger partial charge in [0.25, 0.3) is 0 Å². The van der Waals surface area contributed by atoms with Crippen LogP contribution >= 0.6 is 11.6 Å². The number of ether oxygens (including phenoxy) is 1. The van der Waals surface area contributed by atoms with Gasteiger partial charge >= 0.3 is 5.97 Å². The molecule has 0 amide bonds. The standard InChI is InChI=1S/C12H13ClNO3/c1-3-8-17-12(15)11(14-16-2)9-6-4-5-7-10(9)13/h5-7H,3,8H2,1-2H3. The first-order valence-corrected chi connectivity index (χ1v) is 5.52. The average Bonchev–Trinajstić information content (AvgIpc) is 2.34. The van der Waals surface area contributed by atoms with Crippen LogP contribution in [-0.2, 0) is 14.4 Å².